The van der Waals surface area contributed by atoms with Crippen LogP contribution < -0.4 is 14.4 Å². The molecule has 5 nitrogen and oxygen atoms in total. The van der Waals surface area contributed by atoms with Gasteiger partial charge >= 0.3 is 0 Å². The number of methoxy groups -OCH3 is 1. The molecule has 5 heteroatoms. The van der Waals surface area contributed by atoms with Crippen LogP contribution >= 0.6 is 0 Å². The van der Waals surface area contributed by atoms with Crippen molar-refractivity contribution in [2.75, 3.05) is 18.6 Å². The van der Waals surface area contributed by atoms with Gasteiger partial charge in [0.15, 0.2) is 12.4 Å². The molecule has 1 aliphatic carbocycles. The van der Waals surface area contributed by atoms with E-state index in [1.165, 1.54) is 12.2 Å². The summed E-state index contributed by atoms with van der Waals surface area (Å²) in [6, 6.07) is 5.31. The molecule has 21 heavy (non-hydrogen) atoms. The highest BCUT2D eigenvalue weighted by atomic mass is 16.5. The minimum atomic E-state index is -0.682. The molecule has 0 fully saturated rings. The molecule has 2 aliphatic rings. The topological polar surface area (TPSA) is 55.8 Å². The normalized spacial score (nSPS) is 19.2. The standard InChI is InChI=1S/C16H15NO4/c1-16(7-5-11(18)6-8-16)17-13-4-3-12(20-2)9-14(13)21-10-15(17)19/h3-9H,10H2,1-2H3. The predicted octanol–water partition coefficient (Wildman–Crippen LogP) is 1.87. The molecular weight excluding hydrogens is 270 g/mol. The summed E-state index contributed by atoms with van der Waals surface area (Å²) in [5, 5.41) is 0. The first-order valence-electron chi connectivity index (χ1n) is 6.60. The maximum Gasteiger partial charge on any atom is 0.266 e. The molecule has 1 aliphatic heterocycles. The van der Waals surface area contributed by atoms with E-state index in [4.69, 9.17) is 9.47 Å². The van der Waals surface area contributed by atoms with Gasteiger partial charge in [-0.05, 0) is 31.2 Å². The Morgan fingerprint density at radius 3 is 2.62 bits per heavy atom. The lowest BCUT2D eigenvalue weighted by Crippen LogP contribution is -2.52. The van der Waals surface area contributed by atoms with E-state index >= 15 is 0 Å². The second-order valence-corrected chi connectivity index (χ2v) is 5.15. The number of benzene rings is 1. The van der Waals surface area contributed by atoms with E-state index in [1.807, 2.05) is 6.92 Å². The molecule has 0 atom stereocenters. The maximum atomic E-state index is 12.3. The minimum Gasteiger partial charge on any atom is -0.497 e. The third-order valence-electron chi connectivity index (χ3n) is 3.66. The molecular formula is C16H15NO4. The van der Waals surface area contributed by atoms with Crippen LogP contribution in [-0.4, -0.2) is 30.9 Å². The average molecular weight is 285 g/mol. The third-order valence-corrected chi connectivity index (χ3v) is 3.66. The lowest BCUT2D eigenvalue weighted by atomic mass is 9.92. The molecule has 0 bridgehead atoms. The Bertz CT molecular complexity index is 659. The zero-order chi connectivity index (χ0) is 15.0. The van der Waals surface area contributed by atoms with Crippen molar-refractivity contribution in [3.05, 3.63) is 42.5 Å². The SMILES string of the molecule is COc1ccc2c(c1)OCC(=O)N2C1(C)C=CC(=O)C=C1. The average Bonchev–Trinajstić information content (AvgIpc) is 2.49. The number of nitrogens with zero attached hydrogens (tertiary/aromatic N) is 1. The van der Waals surface area contributed by atoms with Gasteiger partial charge in [0, 0.05) is 6.07 Å². The van der Waals surface area contributed by atoms with Crippen molar-refractivity contribution in [1.29, 1.82) is 0 Å². The van der Waals surface area contributed by atoms with E-state index < -0.39 is 5.54 Å². The summed E-state index contributed by atoms with van der Waals surface area (Å²) < 4.78 is 10.7. The Kier molecular flexibility index (Phi) is 3.05. The van der Waals surface area contributed by atoms with Gasteiger partial charge in [-0.2, -0.15) is 0 Å². The third kappa shape index (κ3) is 2.20. The molecule has 1 aromatic rings. The number of ether oxygens (including phenoxy) is 2. The van der Waals surface area contributed by atoms with Crippen LogP contribution in [0.2, 0.25) is 0 Å². The highest BCUT2D eigenvalue weighted by molar-refractivity contribution is 6.04. The minimum absolute atomic E-state index is 0.0363. The zero-order valence-electron chi connectivity index (χ0n) is 11.8. The van der Waals surface area contributed by atoms with Gasteiger partial charge in [0.2, 0.25) is 0 Å². The van der Waals surface area contributed by atoms with E-state index in [1.54, 1.807) is 42.4 Å². The first-order chi connectivity index (χ1) is 10.0. The predicted molar refractivity (Wildman–Crippen MR) is 77.7 cm³/mol. The molecule has 1 amide bonds. The molecule has 108 valence electrons. The summed E-state index contributed by atoms with van der Waals surface area (Å²) in [4.78, 5) is 25.3. The molecule has 0 saturated heterocycles. The molecule has 0 unspecified atom stereocenters. The number of amides is 1. The van der Waals surface area contributed by atoms with E-state index in [0.717, 1.165) is 0 Å². The van der Waals surface area contributed by atoms with Gasteiger partial charge in [-0.15, -0.1) is 0 Å². The Morgan fingerprint density at radius 2 is 1.95 bits per heavy atom. The molecule has 0 aromatic heterocycles. The fourth-order valence-corrected chi connectivity index (χ4v) is 2.55. The second kappa shape index (κ2) is 4.77. The maximum absolute atomic E-state index is 12.3. The van der Waals surface area contributed by atoms with Gasteiger partial charge in [-0.3, -0.25) is 14.5 Å². The summed E-state index contributed by atoms with van der Waals surface area (Å²) in [6.07, 6.45) is 6.41. The Labute approximate surface area is 122 Å². The van der Waals surface area contributed by atoms with Crippen LogP contribution in [0, 0.1) is 0 Å². The monoisotopic (exact) mass is 285 g/mol. The van der Waals surface area contributed by atoms with Gasteiger partial charge in [0.25, 0.3) is 5.91 Å². The van der Waals surface area contributed by atoms with Crippen LogP contribution in [0.3, 0.4) is 0 Å². The number of rotatable bonds is 2. The smallest absolute Gasteiger partial charge is 0.266 e. The highest BCUT2D eigenvalue weighted by Gasteiger charge is 2.38. The van der Waals surface area contributed by atoms with Crippen LogP contribution in [0.15, 0.2) is 42.5 Å². The molecule has 0 N–H and O–H groups in total. The first kappa shape index (κ1) is 13.4. The van der Waals surface area contributed by atoms with Gasteiger partial charge in [0.1, 0.15) is 11.5 Å². The van der Waals surface area contributed by atoms with Crippen molar-refractivity contribution >= 4 is 17.4 Å². The highest BCUT2D eigenvalue weighted by Crippen LogP contribution is 2.40. The van der Waals surface area contributed by atoms with E-state index in [0.29, 0.717) is 17.2 Å². The molecule has 0 spiro atoms. The molecule has 0 saturated carbocycles. The van der Waals surface area contributed by atoms with Crippen LogP contribution in [0.5, 0.6) is 11.5 Å². The molecule has 1 aromatic carbocycles. The van der Waals surface area contributed by atoms with Crippen molar-refractivity contribution in [3.8, 4) is 11.5 Å². The quantitative estimate of drug-likeness (QED) is 0.832. The van der Waals surface area contributed by atoms with Crippen LogP contribution in [0.1, 0.15) is 6.92 Å². The van der Waals surface area contributed by atoms with Crippen molar-refractivity contribution < 1.29 is 19.1 Å². The van der Waals surface area contributed by atoms with Gasteiger partial charge in [-0.25, -0.2) is 0 Å². The van der Waals surface area contributed by atoms with E-state index in [-0.39, 0.29) is 18.3 Å². The number of carbonyl (C=O) groups excluding carboxylic acids is 2. The zero-order valence-corrected chi connectivity index (χ0v) is 11.8. The Balaban J connectivity index is 2.07. The molecule has 1 heterocycles. The van der Waals surface area contributed by atoms with Gasteiger partial charge in [-0.1, -0.05) is 12.2 Å². The van der Waals surface area contributed by atoms with Crippen LogP contribution in [0.25, 0.3) is 0 Å². The largest absolute Gasteiger partial charge is 0.497 e. The number of anilines is 1. The summed E-state index contributed by atoms with van der Waals surface area (Å²) in [6.45, 7) is 1.84. The number of allylic oxidation sites excluding steroid dienone is 2. The van der Waals surface area contributed by atoms with Crippen molar-refractivity contribution in [3.63, 3.8) is 0 Å². The first-order valence-corrected chi connectivity index (χ1v) is 6.60. The fourth-order valence-electron chi connectivity index (χ4n) is 2.55. The summed E-state index contributed by atoms with van der Waals surface area (Å²) in [7, 11) is 1.58. The number of ketones is 1. The Morgan fingerprint density at radius 1 is 1.24 bits per heavy atom. The van der Waals surface area contributed by atoms with Crippen molar-refractivity contribution in [2.24, 2.45) is 0 Å². The lowest BCUT2D eigenvalue weighted by molar-refractivity contribution is -0.122. The number of carbonyl (C=O) groups is 2. The number of fused-ring (bicyclic) bond motifs is 1. The van der Waals surface area contributed by atoms with Gasteiger partial charge < -0.3 is 9.47 Å². The summed E-state index contributed by atoms with van der Waals surface area (Å²) >= 11 is 0. The van der Waals surface area contributed by atoms with E-state index in [2.05, 4.69) is 0 Å². The van der Waals surface area contributed by atoms with E-state index in [9.17, 15) is 9.59 Å². The van der Waals surface area contributed by atoms with Crippen LogP contribution in [0.4, 0.5) is 5.69 Å². The van der Waals surface area contributed by atoms with Crippen LogP contribution in [-0.2, 0) is 9.59 Å². The van der Waals surface area contributed by atoms with Crippen molar-refractivity contribution in [2.45, 2.75) is 12.5 Å². The number of hydrogen-bond acceptors (Lipinski definition) is 4. The van der Waals surface area contributed by atoms with Crippen molar-refractivity contribution in [1.82, 2.24) is 0 Å². The van der Waals surface area contributed by atoms with Gasteiger partial charge in [0.05, 0.1) is 18.3 Å². The Hall–Kier alpha value is -2.56. The number of hydrogen-bond donors (Lipinski definition) is 0. The summed E-state index contributed by atoms with van der Waals surface area (Å²) in [5.74, 6) is 1.02. The molecule has 3 rings (SSSR count). The summed E-state index contributed by atoms with van der Waals surface area (Å²) in [5.41, 5.74) is -0.0174. The fraction of sp³-hybridized carbons (Fsp3) is 0.250. The molecule has 0 radical (unpaired) electrons. The second-order valence-electron chi connectivity index (χ2n) is 5.15. The lowest BCUT2D eigenvalue weighted by Gasteiger charge is -2.41.